The van der Waals surface area contributed by atoms with Crippen LogP contribution in [-0.2, 0) is 20.2 Å². The zero-order chi connectivity index (χ0) is 23.7. The molecule has 0 saturated carbocycles. The number of rotatable bonds is 6. The maximum atomic E-state index is 13.0. The summed E-state index contributed by atoms with van der Waals surface area (Å²) in [5.41, 5.74) is 3.71. The highest BCUT2D eigenvalue weighted by Crippen LogP contribution is 2.27. The van der Waals surface area contributed by atoms with E-state index in [-0.39, 0.29) is 12.0 Å². The smallest absolute Gasteiger partial charge is 0.246 e. The molecule has 0 aliphatic carbocycles. The van der Waals surface area contributed by atoms with E-state index in [1.54, 1.807) is 16.8 Å². The number of benzene rings is 2. The van der Waals surface area contributed by atoms with Crippen LogP contribution in [0, 0.1) is 13.8 Å². The van der Waals surface area contributed by atoms with Crippen molar-refractivity contribution in [3.8, 4) is 5.69 Å². The highest BCUT2D eigenvalue weighted by Gasteiger charge is 2.25. The molecule has 0 unspecified atom stereocenters. The predicted octanol–water partition coefficient (Wildman–Crippen LogP) is 4.19. The van der Waals surface area contributed by atoms with Crippen molar-refractivity contribution in [3.63, 3.8) is 0 Å². The maximum absolute atomic E-state index is 13.0. The first-order chi connectivity index (χ1) is 14.9. The molecular formula is C24H30N4O3S. The Balaban J connectivity index is 1.96. The first kappa shape index (κ1) is 23.5. The van der Waals surface area contributed by atoms with Gasteiger partial charge < -0.3 is 5.32 Å². The summed E-state index contributed by atoms with van der Waals surface area (Å²) in [5, 5.41) is 7.58. The van der Waals surface area contributed by atoms with Crippen LogP contribution in [0.25, 0.3) is 5.69 Å². The summed E-state index contributed by atoms with van der Waals surface area (Å²) < 4.78 is 27.7. The van der Waals surface area contributed by atoms with E-state index in [2.05, 4.69) is 5.32 Å². The Bertz CT molecular complexity index is 1240. The topological polar surface area (TPSA) is 84.3 Å². The number of nitrogens with one attached hydrogen (secondary N) is 1. The number of sulfonamides is 1. The van der Waals surface area contributed by atoms with E-state index in [9.17, 15) is 13.2 Å². The molecule has 1 aromatic heterocycles. The van der Waals surface area contributed by atoms with Gasteiger partial charge in [-0.05, 0) is 43.2 Å². The summed E-state index contributed by atoms with van der Waals surface area (Å²) >= 11 is 0. The van der Waals surface area contributed by atoms with Gasteiger partial charge in [0.05, 0.1) is 23.3 Å². The zero-order valence-electron chi connectivity index (χ0n) is 19.4. The molecule has 3 rings (SSSR count). The van der Waals surface area contributed by atoms with Crippen molar-refractivity contribution < 1.29 is 13.2 Å². The largest absolute Gasteiger partial charge is 0.309 e. The third-order valence-corrected chi connectivity index (χ3v) is 6.19. The van der Waals surface area contributed by atoms with E-state index in [0.29, 0.717) is 11.5 Å². The molecule has 3 aromatic rings. The molecule has 0 fully saturated rings. The molecule has 2 aromatic carbocycles. The van der Waals surface area contributed by atoms with Gasteiger partial charge in [-0.25, -0.2) is 13.1 Å². The van der Waals surface area contributed by atoms with E-state index in [1.807, 2.05) is 77.1 Å². The number of para-hydroxylation sites is 1. The molecule has 0 atom stereocenters. The molecule has 170 valence electrons. The number of carbonyl (C=O) groups excluding carboxylic acids is 1. The lowest BCUT2D eigenvalue weighted by molar-refractivity contribution is -0.114. The quantitative estimate of drug-likeness (QED) is 0.605. The molecule has 32 heavy (non-hydrogen) atoms. The molecule has 8 heteroatoms. The number of aryl methyl sites for hydroxylation is 2. The van der Waals surface area contributed by atoms with Crippen LogP contribution in [0.3, 0.4) is 0 Å². The Hall–Kier alpha value is -3.13. The molecule has 1 amide bonds. The first-order valence-electron chi connectivity index (χ1n) is 10.4. The van der Waals surface area contributed by atoms with Crippen molar-refractivity contribution in [3.05, 3.63) is 71.4 Å². The molecule has 0 saturated heterocycles. The van der Waals surface area contributed by atoms with E-state index in [1.165, 1.54) is 0 Å². The van der Waals surface area contributed by atoms with E-state index >= 15 is 0 Å². The van der Waals surface area contributed by atoms with Crippen LogP contribution in [-0.4, -0.2) is 36.9 Å². The van der Waals surface area contributed by atoms with Crippen LogP contribution in [0.15, 0.2) is 54.6 Å². The molecule has 0 aliphatic rings. The van der Waals surface area contributed by atoms with Crippen LogP contribution >= 0.6 is 0 Å². The molecule has 0 spiro atoms. The van der Waals surface area contributed by atoms with Gasteiger partial charge in [-0.1, -0.05) is 51.1 Å². The minimum Gasteiger partial charge on any atom is -0.309 e. The van der Waals surface area contributed by atoms with Gasteiger partial charge in [0.1, 0.15) is 12.4 Å². The van der Waals surface area contributed by atoms with Gasteiger partial charge in [-0.3, -0.25) is 9.10 Å². The summed E-state index contributed by atoms with van der Waals surface area (Å²) in [6.45, 7) is 9.60. The standard InChI is InChI=1S/C24H30N4O3S/c1-17-10-9-12-19(14-17)28-22(15-21(26-28)24(3,4)5)25-23(29)16-27(32(6,30)31)20-13-8-7-11-18(20)2/h7-15H,16H2,1-6H3,(H,25,29). The summed E-state index contributed by atoms with van der Waals surface area (Å²) in [6.07, 6.45) is 1.10. The average Bonchev–Trinajstić information content (AvgIpc) is 3.10. The van der Waals surface area contributed by atoms with Crippen LogP contribution in [0.4, 0.5) is 11.5 Å². The molecule has 0 aliphatic heterocycles. The second-order valence-corrected chi connectivity index (χ2v) is 10.9. The fourth-order valence-electron chi connectivity index (χ4n) is 3.33. The lowest BCUT2D eigenvalue weighted by atomic mass is 9.92. The Morgan fingerprint density at radius 2 is 1.75 bits per heavy atom. The summed E-state index contributed by atoms with van der Waals surface area (Å²) in [6, 6.07) is 16.7. The number of hydrogen-bond acceptors (Lipinski definition) is 4. The van der Waals surface area contributed by atoms with Crippen LogP contribution < -0.4 is 9.62 Å². The fourth-order valence-corrected chi connectivity index (χ4v) is 4.24. The molecule has 7 nitrogen and oxygen atoms in total. The van der Waals surface area contributed by atoms with Crippen molar-refractivity contribution in [1.29, 1.82) is 0 Å². The summed E-state index contributed by atoms with van der Waals surface area (Å²) in [7, 11) is -3.66. The maximum Gasteiger partial charge on any atom is 0.246 e. The predicted molar refractivity (Wildman–Crippen MR) is 129 cm³/mol. The van der Waals surface area contributed by atoms with Crippen molar-refractivity contribution in [2.45, 2.75) is 40.0 Å². The molecule has 0 bridgehead atoms. The number of nitrogens with zero attached hydrogens (tertiary/aromatic N) is 3. The third kappa shape index (κ3) is 5.37. The first-order valence-corrected chi connectivity index (χ1v) is 12.2. The van der Waals surface area contributed by atoms with Crippen molar-refractivity contribution >= 4 is 27.4 Å². The number of hydrogen-bond donors (Lipinski definition) is 1. The second-order valence-electron chi connectivity index (χ2n) is 9.02. The summed E-state index contributed by atoms with van der Waals surface area (Å²) in [5.74, 6) is 0.0386. The molecule has 1 N–H and O–H groups in total. The Morgan fingerprint density at radius 3 is 2.34 bits per heavy atom. The average molecular weight is 455 g/mol. The van der Waals surface area contributed by atoms with Gasteiger partial charge in [0, 0.05) is 11.5 Å². The number of anilines is 2. The molecular weight excluding hydrogens is 424 g/mol. The van der Waals surface area contributed by atoms with Gasteiger partial charge in [-0.15, -0.1) is 0 Å². The van der Waals surface area contributed by atoms with Crippen molar-refractivity contribution in [1.82, 2.24) is 9.78 Å². The van der Waals surface area contributed by atoms with Crippen LogP contribution in [0.5, 0.6) is 0 Å². The van der Waals surface area contributed by atoms with Gasteiger partial charge >= 0.3 is 0 Å². The Labute approximate surface area is 190 Å². The van der Waals surface area contributed by atoms with Gasteiger partial charge in [0.2, 0.25) is 15.9 Å². The van der Waals surface area contributed by atoms with Crippen molar-refractivity contribution in [2.75, 3.05) is 22.4 Å². The van der Waals surface area contributed by atoms with Gasteiger partial charge in [-0.2, -0.15) is 5.10 Å². The highest BCUT2D eigenvalue weighted by atomic mass is 32.2. The number of carbonyl (C=O) groups is 1. The monoisotopic (exact) mass is 454 g/mol. The SMILES string of the molecule is Cc1cccc(-n2nc(C(C)(C)C)cc2NC(=O)CN(c2ccccc2C)S(C)(=O)=O)c1. The molecule has 1 heterocycles. The number of amides is 1. The lowest BCUT2D eigenvalue weighted by Crippen LogP contribution is -2.38. The lowest BCUT2D eigenvalue weighted by Gasteiger charge is -2.23. The van der Waals surface area contributed by atoms with Gasteiger partial charge in [0.15, 0.2) is 0 Å². The van der Waals surface area contributed by atoms with Gasteiger partial charge in [0.25, 0.3) is 0 Å². The third-order valence-electron chi connectivity index (χ3n) is 5.06. The van der Waals surface area contributed by atoms with E-state index < -0.39 is 15.9 Å². The van der Waals surface area contributed by atoms with Crippen molar-refractivity contribution in [2.24, 2.45) is 0 Å². The number of aromatic nitrogens is 2. The zero-order valence-corrected chi connectivity index (χ0v) is 20.2. The van der Waals surface area contributed by atoms with E-state index in [0.717, 1.165) is 33.1 Å². The second kappa shape index (κ2) is 8.78. The minimum atomic E-state index is -3.66. The Kier molecular flexibility index (Phi) is 6.46. The van der Waals surface area contributed by atoms with E-state index in [4.69, 9.17) is 5.10 Å². The minimum absolute atomic E-state index is 0.228. The van der Waals surface area contributed by atoms with Crippen LogP contribution in [0.2, 0.25) is 0 Å². The van der Waals surface area contributed by atoms with Crippen LogP contribution in [0.1, 0.15) is 37.6 Å². The highest BCUT2D eigenvalue weighted by molar-refractivity contribution is 7.92. The Morgan fingerprint density at radius 1 is 1.06 bits per heavy atom. The summed E-state index contributed by atoms with van der Waals surface area (Å²) in [4.78, 5) is 13.0. The normalized spacial score (nSPS) is 11.9. The fraction of sp³-hybridized carbons (Fsp3) is 0.333. The molecule has 0 radical (unpaired) electrons.